The van der Waals surface area contributed by atoms with Crippen LogP contribution < -0.4 is 10.6 Å². The Labute approximate surface area is 167 Å². The van der Waals surface area contributed by atoms with Gasteiger partial charge in [-0.05, 0) is 25.5 Å². The van der Waals surface area contributed by atoms with Crippen molar-refractivity contribution in [3.05, 3.63) is 47.5 Å². The molecule has 2 aliphatic rings. The first kappa shape index (κ1) is 20.5. The normalized spacial score (nSPS) is 24.4. The molecular formula is C20H23N3O6. The molecule has 2 heterocycles. The molecule has 3 atom stereocenters. The fourth-order valence-electron chi connectivity index (χ4n) is 3.26. The molecular weight excluding hydrogens is 378 g/mol. The van der Waals surface area contributed by atoms with Gasteiger partial charge in [-0.1, -0.05) is 29.8 Å². The van der Waals surface area contributed by atoms with Crippen molar-refractivity contribution in [1.82, 2.24) is 15.5 Å². The highest BCUT2D eigenvalue weighted by molar-refractivity contribution is 5.98. The molecule has 2 aliphatic heterocycles. The maximum atomic E-state index is 12.9. The number of esters is 1. The fraction of sp³-hybridized carbons (Fsp3) is 0.400. The minimum absolute atomic E-state index is 0.129. The standard InChI is InChI=1S/C20H23N3O6/c1-12-7-8-14(22-18(26)13-5-3-2-4-6-13)19(27)23(10-12)11-16(24)21-15-9-17(25)29-20(15)28/h2-7,14-15,20,28H,8-11H2,1H3,(H,21,24)(H,22,26). The van der Waals surface area contributed by atoms with Crippen molar-refractivity contribution in [1.29, 1.82) is 0 Å². The molecule has 9 heteroatoms. The Morgan fingerprint density at radius 3 is 2.59 bits per heavy atom. The predicted octanol–water partition coefficient (Wildman–Crippen LogP) is -0.286. The van der Waals surface area contributed by atoms with Crippen molar-refractivity contribution in [2.45, 2.75) is 38.1 Å². The minimum Gasteiger partial charge on any atom is -0.434 e. The molecule has 0 aliphatic carbocycles. The van der Waals surface area contributed by atoms with E-state index in [1.165, 1.54) is 4.90 Å². The number of amides is 3. The van der Waals surface area contributed by atoms with Crippen LogP contribution in [0.3, 0.4) is 0 Å². The highest BCUT2D eigenvalue weighted by atomic mass is 16.6. The van der Waals surface area contributed by atoms with Gasteiger partial charge in [0.15, 0.2) is 0 Å². The molecule has 3 unspecified atom stereocenters. The maximum absolute atomic E-state index is 12.9. The summed E-state index contributed by atoms with van der Waals surface area (Å²) >= 11 is 0. The number of rotatable bonds is 5. The average Bonchev–Trinajstić information content (AvgIpc) is 2.94. The lowest BCUT2D eigenvalue weighted by Gasteiger charge is -2.26. The van der Waals surface area contributed by atoms with E-state index in [0.717, 1.165) is 5.57 Å². The average molecular weight is 401 g/mol. The van der Waals surface area contributed by atoms with Gasteiger partial charge in [0, 0.05) is 12.1 Å². The zero-order valence-electron chi connectivity index (χ0n) is 16.0. The number of cyclic esters (lactones) is 1. The van der Waals surface area contributed by atoms with Gasteiger partial charge >= 0.3 is 5.97 Å². The Balaban J connectivity index is 1.64. The molecule has 0 bridgehead atoms. The predicted molar refractivity (Wildman–Crippen MR) is 101 cm³/mol. The van der Waals surface area contributed by atoms with Crippen molar-refractivity contribution in [3.63, 3.8) is 0 Å². The molecule has 0 spiro atoms. The van der Waals surface area contributed by atoms with Crippen LogP contribution in [0.2, 0.25) is 0 Å². The van der Waals surface area contributed by atoms with E-state index in [2.05, 4.69) is 15.4 Å². The molecule has 0 radical (unpaired) electrons. The number of benzene rings is 1. The fourth-order valence-corrected chi connectivity index (χ4v) is 3.26. The second-order valence-corrected chi connectivity index (χ2v) is 7.13. The van der Waals surface area contributed by atoms with Crippen molar-refractivity contribution in [2.75, 3.05) is 13.1 Å². The second-order valence-electron chi connectivity index (χ2n) is 7.13. The summed E-state index contributed by atoms with van der Waals surface area (Å²) < 4.78 is 4.59. The van der Waals surface area contributed by atoms with Crippen LogP contribution in [-0.4, -0.2) is 65.2 Å². The van der Waals surface area contributed by atoms with Gasteiger partial charge in [0.05, 0.1) is 13.0 Å². The van der Waals surface area contributed by atoms with E-state index in [9.17, 15) is 24.3 Å². The first-order chi connectivity index (χ1) is 13.8. The lowest BCUT2D eigenvalue weighted by atomic mass is 10.1. The molecule has 3 rings (SSSR count). The van der Waals surface area contributed by atoms with E-state index in [0.29, 0.717) is 12.0 Å². The Kier molecular flexibility index (Phi) is 6.28. The number of nitrogens with one attached hydrogen (secondary N) is 2. The number of hydrogen-bond donors (Lipinski definition) is 3. The summed E-state index contributed by atoms with van der Waals surface area (Å²) in [6.45, 7) is 1.82. The number of carbonyl (C=O) groups is 4. The maximum Gasteiger partial charge on any atom is 0.310 e. The summed E-state index contributed by atoms with van der Waals surface area (Å²) in [5.41, 5.74) is 1.33. The summed E-state index contributed by atoms with van der Waals surface area (Å²) in [5.74, 6) is -1.87. The van der Waals surface area contributed by atoms with E-state index in [1.807, 2.05) is 13.0 Å². The van der Waals surface area contributed by atoms with Gasteiger partial charge in [-0.15, -0.1) is 0 Å². The van der Waals surface area contributed by atoms with Crippen molar-refractivity contribution >= 4 is 23.7 Å². The van der Waals surface area contributed by atoms with Gasteiger partial charge in [0.25, 0.3) is 5.91 Å². The highest BCUT2D eigenvalue weighted by Crippen LogP contribution is 2.15. The van der Waals surface area contributed by atoms with E-state index in [-0.39, 0.29) is 31.3 Å². The van der Waals surface area contributed by atoms with Gasteiger partial charge in [-0.25, -0.2) is 0 Å². The van der Waals surface area contributed by atoms with Gasteiger partial charge in [0.2, 0.25) is 18.1 Å². The lowest BCUT2D eigenvalue weighted by molar-refractivity contribution is -0.155. The van der Waals surface area contributed by atoms with E-state index in [1.54, 1.807) is 30.3 Å². The summed E-state index contributed by atoms with van der Waals surface area (Å²) in [6, 6.07) is 6.92. The zero-order chi connectivity index (χ0) is 21.0. The molecule has 3 amide bonds. The second kappa shape index (κ2) is 8.87. The van der Waals surface area contributed by atoms with E-state index >= 15 is 0 Å². The van der Waals surface area contributed by atoms with Crippen LogP contribution in [0.15, 0.2) is 42.0 Å². The molecule has 9 nitrogen and oxygen atoms in total. The Bertz CT molecular complexity index is 838. The number of ether oxygens (including phenoxy) is 1. The van der Waals surface area contributed by atoms with Crippen molar-refractivity contribution in [3.8, 4) is 0 Å². The summed E-state index contributed by atoms with van der Waals surface area (Å²) in [5, 5.41) is 14.8. The van der Waals surface area contributed by atoms with Crippen LogP contribution >= 0.6 is 0 Å². The molecule has 3 N–H and O–H groups in total. The van der Waals surface area contributed by atoms with Crippen LogP contribution in [-0.2, 0) is 19.1 Å². The lowest BCUT2D eigenvalue weighted by Crippen LogP contribution is -2.52. The summed E-state index contributed by atoms with van der Waals surface area (Å²) in [6.07, 6.45) is 0.658. The van der Waals surface area contributed by atoms with E-state index in [4.69, 9.17) is 0 Å². The minimum atomic E-state index is -1.40. The molecule has 0 aromatic heterocycles. The molecule has 29 heavy (non-hydrogen) atoms. The Hall–Kier alpha value is -3.20. The quantitative estimate of drug-likeness (QED) is 0.460. The third-order valence-electron chi connectivity index (χ3n) is 4.76. The molecule has 1 aromatic carbocycles. The number of carbonyl (C=O) groups excluding carboxylic acids is 4. The number of aliphatic hydroxyl groups is 1. The Morgan fingerprint density at radius 2 is 1.93 bits per heavy atom. The first-order valence-electron chi connectivity index (χ1n) is 9.30. The topological polar surface area (TPSA) is 125 Å². The highest BCUT2D eigenvalue weighted by Gasteiger charge is 2.35. The van der Waals surface area contributed by atoms with Crippen molar-refractivity contribution < 1.29 is 29.0 Å². The van der Waals surface area contributed by atoms with Gasteiger partial charge < -0.3 is 25.4 Å². The zero-order valence-corrected chi connectivity index (χ0v) is 16.0. The largest absolute Gasteiger partial charge is 0.434 e. The monoisotopic (exact) mass is 401 g/mol. The molecule has 0 saturated carbocycles. The molecule has 1 fully saturated rings. The van der Waals surface area contributed by atoms with Crippen LogP contribution in [0.5, 0.6) is 0 Å². The van der Waals surface area contributed by atoms with Crippen molar-refractivity contribution in [2.24, 2.45) is 0 Å². The number of hydrogen-bond acceptors (Lipinski definition) is 6. The first-order valence-corrected chi connectivity index (χ1v) is 9.30. The Morgan fingerprint density at radius 1 is 1.21 bits per heavy atom. The van der Waals surface area contributed by atoms with Crippen LogP contribution in [0, 0.1) is 0 Å². The number of nitrogens with zero attached hydrogens (tertiary/aromatic N) is 1. The smallest absolute Gasteiger partial charge is 0.310 e. The third kappa shape index (κ3) is 5.20. The molecule has 1 aromatic rings. The van der Waals surface area contributed by atoms with Gasteiger partial charge in [-0.3, -0.25) is 19.2 Å². The SMILES string of the molecule is CC1=CCC(NC(=O)c2ccccc2)C(=O)N(CC(=O)NC2CC(=O)OC2O)C1. The van der Waals surface area contributed by atoms with Gasteiger partial charge in [0.1, 0.15) is 12.1 Å². The molecule has 154 valence electrons. The summed E-state index contributed by atoms with van der Waals surface area (Å²) in [7, 11) is 0. The van der Waals surface area contributed by atoms with Crippen LogP contribution in [0.4, 0.5) is 0 Å². The van der Waals surface area contributed by atoms with Gasteiger partial charge in [-0.2, -0.15) is 0 Å². The van der Waals surface area contributed by atoms with E-state index < -0.39 is 30.3 Å². The molecule has 1 saturated heterocycles. The third-order valence-corrected chi connectivity index (χ3v) is 4.76. The van der Waals surface area contributed by atoms with Crippen LogP contribution in [0.1, 0.15) is 30.1 Å². The summed E-state index contributed by atoms with van der Waals surface area (Å²) in [4.78, 5) is 50.2. The number of aliphatic hydroxyl groups excluding tert-OH is 1. The van der Waals surface area contributed by atoms with Crippen LogP contribution in [0.25, 0.3) is 0 Å².